The number of hydrogen-bond donors (Lipinski definition) is 1. The van der Waals surface area contributed by atoms with E-state index in [1.165, 1.54) is 6.20 Å². The number of benzene rings is 1. The predicted molar refractivity (Wildman–Crippen MR) is 112 cm³/mol. The predicted octanol–water partition coefficient (Wildman–Crippen LogP) is 4.41. The molecule has 1 atom stereocenters. The van der Waals surface area contributed by atoms with Crippen molar-refractivity contribution in [3.8, 4) is 0 Å². The van der Waals surface area contributed by atoms with Crippen molar-refractivity contribution < 1.29 is 9.59 Å². The minimum absolute atomic E-state index is 0.0976. The van der Waals surface area contributed by atoms with Crippen LogP contribution in [0.3, 0.4) is 0 Å². The van der Waals surface area contributed by atoms with Crippen molar-refractivity contribution in [3.63, 3.8) is 0 Å². The van der Waals surface area contributed by atoms with Gasteiger partial charge in [-0.3, -0.25) is 9.59 Å². The maximum atomic E-state index is 13.3. The summed E-state index contributed by atoms with van der Waals surface area (Å²) >= 11 is 9.34. The standard InChI is InChI=1S/C21H21BrClN3O2/c22-16-5-1-4-15(11-16)21(8-9-21)20(28)26-10-2-3-14(13-26)19(27)25-18-7-6-17(23)12-24-18/h1,4-7,11-12,14H,2-3,8-10,13H2,(H,24,25,27). The Balaban J connectivity index is 1.44. The monoisotopic (exact) mass is 461 g/mol. The highest BCUT2D eigenvalue weighted by Crippen LogP contribution is 2.50. The molecule has 5 nitrogen and oxygen atoms in total. The average molecular weight is 463 g/mol. The van der Waals surface area contributed by atoms with Crippen LogP contribution in [-0.2, 0) is 15.0 Å². The highest BCUT2D eigenvalue weighted by Gasteiger charge is 2.53. The van der Waals surface area contributed by atoms with Crippen LogP contribution >= 0.6 is 27.5 Å². The smallest absolute Gasteiger partial charge is 0.233 e. The van der Waals surface area contributed by atoms with Crippen LogP contribution in [-0.4, -0.2) is 34.8 Å². The van der Waals surface area contributed by atoms with E-state index in [9.17, 15) is 9.59 Å². The summed E-state index contributed by atoms with van der Waals surface area (Å²) < 4.78 is 0.982. The molecule has 0 bridgehead atoms. The first-order chi connectivity index (χ1) is 13.5. The van der Waals surface area contributed by atoms with E-state index >= 15 is 0 Å². The third-order valence-electron chi connectivity index (χ3n) is 5.59. The molecule has 2 amide bonds. The Labute approximate surface area is 177 Å². The van der Waals surface area contributed by atoms with E-state index in [1.54, 1.807) is 12.1 Å². The second-order valence-electron chi connectivity index (χ2n) is 7.53. The van der Waals surface area contributed by atoms with Gasteiger partial charge in [0.25, 0.3) is 0 Å². The third kappa shape index (κ3) is 3.94. The summed E-state index contributed by atoms with van der Waals surface area (Å²) in [4.78, 5) is 32.0. The van der Waals surface area contributed by atoms with Gasteiger partial charge in [-0.15, -0.1) is 0 Å². The molecule has 1 aliphatic carbocycles. The second-order valence-corrected chi connectivity index (χ2v) is 8.89. The van der Waals surface area contributed by atoms with Gasteiger partial charge in [0, 0.05) is 23.8 Å². The summed E-state index contributed by atoms with van der Waals surface area (Å²) in [7, 11) is 0. The number of carbonyl (C=O) groups excluding carboxylic acids is 2. The van der Waals surface area contributed by atoms with E-state index in [0.29, 0.717) is 23.9 Å². The Hall–Kier alpha value is -1.92. The molecule has 2 fully saturated rings. The lowest BCUT2D eigenvalue weighted by Gasteiger charge is -2.34. The van der Waals surface area contributed by atoms with E-state index in [1.807, 2.05) is 29.2 Å². The number of carbonyl (C=O) groups is 2. The normalized spacial score (nSPS) is 20.5. The Kier molecular flexibility index (Phi) is 5.43. The van der Waals surface area contributed by atoms with Crippen molar-refractivity contribution in [3.05, 3.63) is 57.7 Å². The van der Waals surface area contributed by atoms with E-state index in [0.717, 1.165) is 35.7 Å². The minimum atomic E-state index is -0.417. The SMILES string of the molecule is O=C(Nc1ccc(Cl)cn1)C1CCCN(C(=O)C2(c3cccc(Br)c3)CC2)C1. The Morgan fingerprint density at radius 2 is 2.07 bits per heavy atom. The molecule has 2 aromatic rings. The lowest BCUT2D eigenvalue weighted by molar-refractivity contribution is -0.137. The molecule has 1 saturated heterocycles. The number of hydrogen-bond acceptors (Lipinski definition) is 3. The van der Waals surface area contributed by atoms with Gasteiger partial charge >= 0.3 is 0 Å². The van der Waals surface area contributed by atoms with Crippen molar-refractivity contribution in [2.45, 2.75) is 31.1 Å². The van der Waals surface area contributed by atoms with Crippen LogP contribution in [0.1, 0.15) is 31.2 Å². The van der Waals surface area contributed by atoms with Gasteiger partial charge in [-0.1, -0.05) is 39.7 Å². The Morgan fingerprint density at radius 1 is 1.25 bits per heavy atom. The molecule has 7 heteroatoms. The van der Waals surface area contributed by atoms with Gasteiger partial charge in [0.1, 0.15) is 5.82 Å². The summed E-state index contributed by atoms with van der Waals surface area (Å²) in [5.74, 6) is 0.298. The van der Waals surface area contributed by atoms with Crippen molar-refractivity contribution in [2.75, 3.05) is 18.4 Å². The summed E-state index contributed by atoms with van der Waals surface area (Å²) in [5, 5.41) is 3.36. The zero-order chi connectivity index (χ0) is 19.7. The van der Waals surface area contributed by atoms with Crippen LogP contribution in [0.25, 0.3) is 0 Å². The molecule has 2 heterocycles. The molecule has 1 unspecified atom stereocenters. The van der Waals surface area contributed by atoms with Crippen LogP contribution in [0.2, 0.25) is 5.02 Å². The summed E-state index contributed by atoms with van der Waals surface area (Å²) in [6.45, 7) is 1.16. The third-order valence-corrected chi connectivity index (χ3v) is 6.31. The maximum absolute atomic E-state index is 13.3. The molecule has 1 aromatic heterocycles. The molecule has 1 aliphatic heterocycles. The summed E-state index contributed by atoms with van der Waals surface area (Å²) in [6, 6.07) is 11.4. The largest absolute Gasteiger partial charge is 0.341 e. The first-order valence-corrected chi connectivity index (χ1v) is 10.6. The molecule has 0 spiro atoms. The molecular weight excluding hydrogens is 442 g/mol. The van der Waals surface area contributed by atoms with Crippen LogP contribution < -0.4 is 5.32 Å². The molecule has 1 N–H and O–H groups in total. The first-order valence-electron chi connectivity index (χ1n) is 9.46. The topological polar surface area (TPSA) is 62.3 Å². The van der Waals surface area contributed by atoms with Crippen molar-refractivity contribution in [2.24, 2.45) is 5.92 Å². The number of pyridine rings is 1. The number of rotatable bonds is 4. The highest BCUT2D eigenvalue weighted by atomic mass is 79.9. The van der Waals surface area contributed by atoms with Crippen molar-refractivity contribution in [1.82, 2.24) is 9.88 Å². The molecule has 1 aromatic carbocycles. The number of piperidine rings is 1. The van der Waals surface area contributed by atoms with Gasteiger partial charge in [-0.05, 0) is 55.5 Å². The summed E-state index contributed by atoms with van der Waals surface area (Å²) in [5.41, 5.74) is 0.642. The fourth-order valence-electron chi connectivity index (χ4n) is 3.89. The Morgan fingerprint density at radius 3 is 2.75 bits per heavy atom. The molecular formula is C21H21BrClN3O2. The lowest BCUT2D eigenvalue weighted by atomic mass is 9.91. The van der Waals surface area contributed by atoms with Crippen LogP contribution in [0.4, 0.5) is 5.82 Å². The van der Waals surface area contributed by atoms with Gasteiger partial charge in [0.2, 0.25) is 11.8 Å². The van der Waals surface area contributed by atoms with Gasteiger partial charge < -0.3 is 10.2 Å². The van der Waals surface area contributed by atoms with Crippen LogP contribution in [0, 0.1) is 5.92 Å². The van der Waals surface area contributed by atoms with Crippen LogP contribution in [0.15, 0.2) is 47.1 Å². The van der Waals surface area contributed by atoms with Gasteiger partial charge in [0.15, 0.2) is 0 Å². The number of nitrogens with one attached hydrogen (secondary N) is 1. The molecule has 146 valence electrons. The number of likely N-dealkylation sites (tertiary alicyclic amines) is 1. The quantitative estimate of drug-likeness (QED) is 0.732. The van der Waals surface area contributed by atoms with E-state index < -0.39 is 5.41 Å². The van der Waals surface area contributed by atoms with Crippen molar-refractivity contribution in [1.29, 1.82) is 0 Å². The van der Waals surface area contributed by atoms with Gasteiger partial charge in [-0.25, -0.2) is 4.98 Å². The molecule has 2 aliphatic rings. The number of anilines is 1. The van der Waals surface area contributed by atoms with E-state index in [-0.39, 0.29) is 17.7 Å². The maximum Gasteiger partial charge on any atom is 0.233 e. The van der Waals surface area contributed by atoms with Gasteiger partial charge in [-0.2, -0.15) is 0 Å². The molecule has 4 rings (SSSR count). The van der Waals surface area contributed by atoms with E-state index in [4.69, 9.17) is 11.6 Å². The molecule has 28 heavy (non-hydrogen) atoms. The molecule has 0 radical (unpaired) electrons. The lowest BCUT2D eigenvalue weighted by Crippen LogP contribution is -2.47. The zero-order valence-electron chi connectivity index (χ0n) is 15.3. The highest BCUT2D eigenvalue weighted by molar-refractivity contribution is 9.10. The second kappa shape index (κ2) is 7.84. The number of nitrogens with zero attached hydrogens (tertiary/aromatic N) is 2. The molecule has 1 saturated carbocycles. The fourth-order valence-corrected chi connectivity index (χ4v) is 4.40. The zero-order valence-corrected chi connectivity index (χ0v) is 17.7. The number of halogens is 2. The first kappa shape index (κ1) is 19.4. The van der Waals surface area contributed by atoms with Crippen LogP contribution in [0.5, 0.6) is 0 Å². The Bertz CT molecular complexity index is 899. The van der Waals surface area contributed by atoms with E-state index in [2.05, 4.69) is 26.2 Å². The number of aromatic nitrogens is 1. The fraction of sp³-hybridized carbons (Fsp3) is 0.381. The van der Waals surface area contributed by atoms with Gasteiger partial charge in [0.05, 0.1) is 16.4 Å². The minimum Gasteiger partial charge on any atom is -0.341 e. The average Bonchev–Trinajstić information content (AvgIpc) is 3.51. The summed E-state index contributed by atoms with van der Waals surface area (Å²) in [6.07, 6.45) is 4.83. The van der Waals surface area contributed by atoms with Crippen molar-refractivity contribution >= 4 is 45.2 Å². The number of amides is 2.